The lowest BCUT2D eigenvalue weighted by Gasteiger charge is -2.10. The molecule has 4 nitrogen and oxygen atoms in total. The van der Waals surface area contributed by atoms with E-state index in [9.17, 15) is 9.59 Å². The summed E-state index contributed by atoms with van der Waals surface area (Å²) in [6, 6.07) is 18.5. The zero-order chi connectivity index (χ0) is 18.5. The Morgan fingerprint density at radius 2 is 1.65 bits per heavy atom. The minimum absolute atomic E-state index is 0.146. The van der Waals surface area contributed by atoms with Crippen LogP contribution in [0, 0.1) is 0 Å². The number of rotatable bonds is 5. The molecule has 0 aromatic heterocycles. The summed E-state index contributed by atoms with van der Waals surface area (Å²) in [5.74, 6) is -0.603. The van der Waals surface area contributed by atoms with Crippen molar-refractivity contribution in [3.05, 3.63) is 76.3 Å². The van der Waals surface area contributed by atoms with Gasteiger partial charge < -0.3 is 10.6 Å². The second-order valence-electron chi connectivity index (χ2n) is 5.76. The summed E-state index contributed by atoms with van der Waals surface area (Å²) in [5.41, 5.74) is 1.33. The Morgan fingerprint density at radius 1 is 0.885 bits per heavy atom. The lowest BCUT2D eigenvalue weighted by molar-refractivity contribution is -0.123. The standard InChI is InChI=1S/C20H16Cl2N2O2/c21-15-8-9-17(22)18(11-15)24-20(26)12-23-19(25)10-14-6-3-5-13-4-1-2-7-16(13)14/h1-9,11H,10,12H2,(H,23,25)(H,24,26). The van der Waals surface area contributed by atoms with Gasteiger partial charge in [0.1, 0.15) is 0 Å². The van der Waals surface area contributed by atoms with Crippen molar-refractivity contribution in [3.8, 4) is 0 Å². The molecule has 0 heterocycles. The van der Waals surface area contributed by atoms with Gasteiger partial charge in [-0.3, -0.25) is 9.59 Å². The Hall–Kier alpha value is -2.56. The zero-order valence-electron chi connectivity index (χ0n) is 13.8. The topological polar surface area (TPSA) is 58.2 Å². The van der Waals surface area contributed by atoms with Crippen molar-refractivity contribution in [2.45, 2.75) is 6.42 Å². The van der Waals surface area contributed by atoms with Crippen LogP contribution in [0.4, 0.5) is 5.69 Å². The van der Waals surface area contributed by atoms with Crippen molar-refractivity contribution in [2.75, 3.05) is 11.9 Å². The summed E-state index contributed by atoms with van der Waals surface area (Å²) in [4.78, 5) is 24.2. The van der Waals surface area contributed by atoms with Crippen LogP contribution < -0.4 is 10.6 Å². The lowest BCUT2D eigenvalue weighted by atomic mass is 10.0. The molecule has 0 aliphatic rings. The third kappa shape index (κ3) is 4.54. The van der Waals surface area contributed by atoms with Gasteiger partial charge in [0.15, 0.2) is 0 Å². The molecule has 6 heteroatoms. The quantitative estimate of drug-likeness (QED) is 0.680. The first kappa shape index (κ1) is 18.2. The van der Waals surface area contributed by atoms with Crippen molar-refractivity contribution in [1.29, 1.82) is 0 Å². The van der Waals surface area contributed by atoms with Gasteiger partial charge in [-0.05, 0) is 34.5 Å². The molecule has 0 saturated carbocycles. The number of fused-ring (bicyclic) bond motifs is 1. The van der Waals surface area contributed by atoms with Crippen LogP contribution in [0.1, 0.15) is 5.56 Å². The maximum absolute atomic E-state index is 12.2. The van der Waals surface area contributed by atoms with E-state index in [2.05, 4.69) is 10.6 Å². The Balaban J connectivity index is 1.58. The predicted octanol–water partition coefficient (Wildman–Crippen LogP) is 4.44. The van der Waals surface area contributed by atoms with Gasteiger partial charge in [-0.2, -0.15) is 0 Å². The highest BCUT2D eigenvalue weighted by Crippen LogP contribution is 2.25. The number of anilines is 1. The highest BCUT2D eigenvalue weighted by atomic mass is 35.5. The second-order valence-corrected chi connectivity index (χ2v) is 6.61. The number of carbonyl (C=O) groups is 2. The third-order valence-corrected chi connectivity index (χ3v) is 4.44. The highest BCUT2D eigenvalue weighted by Gasteiger charge is 2.10. The van der Waals surface area contributed by atoms with Crippen LogP contribution in [0.25, 0.3) is 10.8 Å². The highest BCUT2D eigenvalue weighted by molar-refractivity contribution is 6.35. The molecule has 0 fully saturated rings. The minimum atomic E-state index is -0.375. The molecule has 3 rings (SSSR count). The van der Waals surface area contributed by atoms with Crippen molar-refractivity contribution in [3.63, 3.8) is 0 Å². The largest absolute Gasteiger partial charge is 0.347 e. The Bertz CT molecular complexity index is 968. The molecule has 26 heavy (non-hydrogen) atoms. The molecule has 0 atom stereocenters. The van der Waals surface area contributed by atoms with Gasteiger partial charge in [0.2, 0.25) is 11.8 Å². The van der Waals surface area contributed by atoms with E-state index in [1.807, 2.05) is 42.5 Å². The summed E-state index contributed by atoms with van der Waals surface area (Å²) in [7, 11) is 0. The Labute approximate surface area is 161 Å². The molecule has 0 saturated heterocycles. The number of nitrogens with one attached hydrogen (secondary N) is 2. The average Bonchev–Trinajstić information content (AvgIpc) is 2.63. The van der Waals surface area contributed by atoms with E-state index in [4.69, 9.17) is 23.2 Å². The fourth-order valence-electron chi connectivity index (χ4n) is 2.65. The van der Waals surface area contributed by atoms with Crippen LogP contribution >= 0.6 is 23.2 Å². The number of hydrogen-bond acceptors (Lipinski definition) is 2. The monoisotopic (exact) mass is 386 g/mol. The van der Waals surface area contributed by atoms with Gasteiger partial charge in [-0.1, -0.05) is 65.7 Å². The minimum Gasteiger partial charge on any atom is -0.347 e. The van der Waals surface area contributed by atoms with Crippen LogP contribution in [-0.4, -0.2) is 18.4 Å². The molecule has 2 amide bonds. The number of benzene rings is 3. The van der Waals surface area contributed by atoms with Crippen LogP contribution in [-0.2, 0) is 16.0 Å². The van der Waals surface area contributed by atoms with E-state index in [0.29, 0.717) is 15.7 Å². The van der Waals surface area contributed by atoms with Gasteiger partial charge in [-0.15, -0.1) is 0 Å². The first-order valence-electron chi connectivity index (χ1n) is 8.01. The molecule has 0 aliphatic carbocycles. The van der Waals surface area contributed by atoms with Crippen molar-refractivity contribution in [1.82, 2.24) is 5.32 Å². The number of halogens is 2. The molecule has 3 aromatic rings. The summed E-state index contributed by atoms with van der Waals surface area (Å²) in [6.45, 7) is -0.146. The number of carbonyl (C=O) groups excluding carboxylic acids is 2. The van der Waals surface area contributed by atoms with Crippen LogP contribution in [0.2, 0.25) is 10.0 Å². The van der Waals surface area contributed by atoms with E-state index in [1.165, 1.54) is 0 Å². The summed E-state index contributed by atoms with van der Waals surface area (Å²) in [6.07, 6.45) is 0.201. The van der Waals surface area contributed by atoms with Gasteiger partial charge in [-0.25, -0.2) is 0 Å². The Morgan fingerprint density at radius 3 is 2.50 bits per heavy atom. The van der Waals surface area contributed by atoms with Crippen molar-refractivity contribution < 1.29 is 9.59 Å². The lowest BCUT2D eigenvalue weighted by Crippen LogP contribution is -2.33. The van der Waals surface area contributed by atoms with Gasteiger partial charge in [0, 0.05) is 5.02 Å². The first-order valence-corrected chi connectivity index (χ1v) is 8.77. The zero-order valence-corrected chi connectivity index (χ0v) is 15.3. The summed E-state index contributed by atoms with van der Waals surface area (Å²) >= 11 is 11.9. The van der Waals surface area contributed by atoms with E-state index in [-0.39, 0.29) is 24.8 Å². The Kier molecular flexibility index (Phi) is 5.76. The van der Waals surface area contributed by atoms with E-state index in [0.717, 1.165) is 16.3 Å². The van der Waals surface area contributed by atoms with Gasteiger partial charge >= 0.3 is 0 Å². The maximum Gasteiger partial charge on any atom is 0.243 e. The fraction of sp³-hybridized carbons (Fsp3) is 0.100. The smallest absolute Gasteiger partial charge is 0.243 e. The van der Waals surface area contributed by atoms with Crippen LogP contribution in [0.5, 0.6) is 0 Å². The third-order valence-electron chi connectivity index (χ3n) is 3.88. The average molecular weight is 387 g/mol. The first-order chi connectivity index (χ1) is 12.5. The molecule has 3 aromatic carbocycles. The van der Waals surface area contributed by atoms with E-state index in [1.54, 1.807) is 18.2 Å². The molecule has 0 bridgehead atoms. The molecule has 0 aliphatic heterocycles. The molecular weight excluding hydrogens is 371 g/mol. The van der Waals surface area contributed by atoms with E-state index >= 15 is 0 Å². The molecule has 0 radical (unpaired) electrons. The van der Waals surface area contributed by atoms with Crippen LogP contribution in [0.15, 0.2) is 60.7 Å². The fourth-order valence-corrected chi connectivity index (χ4v) is 2.99. The molecule has 0 spiro atoms. The number of hydrogen-bond donors (Lipinski definition) is 2. The molecular formula is C20H16Cl2N2O2. The molecule has 0 unspecified atom stereocenters. The van der Waals surface area contributed by atoms with Crippen LogP contribution in [0.3, 0.4) is 0 Å². The van der Waals surface area contributed by atoms with Crippen molar-refractivity contribution in [2.24, 2.45) is 0 Å². The SMILES string of the molecule is O=C(Cc1cccc2ccccc12)NCC(=O)Nc1cc(Cl)ccc1Cl. The predicted molar refractivity (Wildman–Crippen MR) is 106 cm³/mol. The second kappa shape index (κ2) is 8.21. The molecule has 2 N–H and O–H groups in total. The van der Waals surface area contributed by atoms with Gasteiger partial charge in [0.25, 0.3) is 0 Å². The van der Waals surface area contributed by atoms with E-state index < -0.39 is 0 Å². The number of amides is 2. The summed E-state index contributed by atoms with van der Waals surface area (Å²) in [5, 5.41) is 8.20. The normalized spacial score (nSPS) is 10.5. The molecule has 132 valence electrons. The maximum atomic E-state index is 12.2. The summed E-state index contributed by atoms with van der Waals surface area (Å²) < 4.78 is 0. The van der Waals surface area contributed by atoms with Crippen molar-refractivity contribution >= 4 is 51.5 Å². The van der Waals surface area contributed by atoms with Gasteiger partial charge in [0.05, 0.1) is 23.7 Å².